The van der Waals surface area contributed by atoms with Crippen molar-refractivity contribution in [2.24, 2.45) is 5.92 Å². The van der Waals surface area contributed by atoms with Gasteiger partial charge in [0.05, 0.1) is 6.33 Å². The summed E-state index contributed by atoms with van der Waals surface area (Å²) in [7, 11) is 0. The van der Waals surface area contributed by atoms with E-state index in [0.29, 0.717) is 0 Å². The molecule has 4 heteroatoms. The van der Waals surface area contributed by atoms with Crippen LogP contribution in [0.2, 0.25) is 0 Å². The van der Waals surface area contributed by atoms with Gasteiger partial charge in [-0.15, -0.1) is 0 Å². The molecule has 1 fully saturated rings. The van der Waals surface area contributed by atoms with Gasteiger partial charge in [0.2, 0.25) is 0 Å². The molecule has 15 heavy (non-hydrogen) atoms. The first kappa shape index (κ1) is 11.0. The van der Waals surface area contributed by atoms with E-state index < -0.39 is 0 Å². The molecule has 0 radical (unpaired) electrons. The standard InChI is InChI=1S/C11H19N3S/c1(5-14-6-4-13-10-14)3-12-8-11-2-7-15-9-11/h4,6,10-12H,1-3,5,7-9H2. The zero-order valence-corrected chi connectivity index (χ0v) is 9.88. The van der Waals surface area contributed by atoms with Gasteiger partial charge in [0.25, 0.3) is 0 Å². The summed E-state index contributed by atoms with van der Waals surface area (Å²) in [6.45, 7) is 3.41. The smallest absolute Gasteiger partial charge is 0.0945 e. The van der Waals surface area contributed by atoms with Crippen LogP contribution in [0, 0.1) is 5.92 Å². The van der Waals surface area contributed by atoms with Gasteiger partial charge in [-0.3, -0.25) is 0 Å². The first-order chi connectivity index (χ1) is 7.45. The molecule has 1 unspecified atom stereocenters. The van der Waals surface area contributed by atoms with Gasteiger partial charge in [-0.1, -0.05) is 0 Å². The summed E-state index contributed by atoms with van der Waals surface area (Å²) in [5.74, 6) is 3.64. The molecule has 0 aromatic carbocycles. The molecule has 2 rings (SSSR count). The Balaban J connectivity index is 1.48. The molecule has 0 saturated carbocycles. The molecule has 0 spiro atoms. The predicted molar refractivity (Wildman–Crippen MR) is 65.1 cm³/mol. The van der Waals surface area contributed by atoms with Crippen molar-refractivity contribution in [2.75, 3.05) is 24.6 Å². The second kappa shape index (κ2) is 6.18. The van der Waals surface area contributed by atoms with Crippen LogP contribution >= 0.6 is 11.8 Å². The van der Waals surface area contributed by atoms with Crippen LogP contribution in [0.4, 0.5) is 0 Å². The highest BCUT2D eigenvalue weighted by atomic mass is 32.2. The largest absolute Gasteiger partial charge is 0.337 e. The molecule has 1 aliphatic heterocycles. The highest BCUT2D eigenvalue weighted by Gasteiger charge is 2.14. The highest BCUT2D eigenvalue weighted by Crippen LogP contribution is 2.22. The van der Waals surface area contributed by atoms with Crippen molar-refractivity contribution >= 4 is 11.8 Å². The molecule has 1 aromatic heterocycles. The van der Waals surface area contributed by atoms with Gasteiger partial charge in [0, 0.05) is 18.9 Å². The number of aryl methyl sites for hydroxylation is 1. The monoisotopic (exact) mass is 225 g/mol. The molecule has 0 bridgehead atoms. The van der Waals surface area contributed by atoms with Gasteiger partial charge in [-0.05, 0) is 43.4 Å². The van der Waals surface area contributed by atoms with Gasteiger partial charge in [-0.2, -0.15) is 11.8 Å². The third kappa shape index (κ3) is 3.87. The Morgan fingerprint density at radius 1 is 1.53 bits per heavy atom. The van der Waals surface area contributed by atoms with E-state index in [1.54, 1.807) is 0 Å². The van der Waals surface area contributed by atoms with Crippen molar-refractivity contribution in [2.45, 2.75) is 19.4 Å². The molecule has 1 aromatic rings. The third-order valence-electron chi connectivity index (χ3n) is 2.79. The molecule has 3 nitrogen and oxygen atoms in total. The molecule has 0 aliphatic carbocycles. The number of nitrogens with one attached hydrogen (secondary N) is 1. The van der Waals surface area contributed by atoms with Crippen molar-refractivity contribution in [1.82, 2.24) is 14.9 Å². The second-order valence-electron chi connectivity index (χ2n) is 4.09. The van der Waals surface area contributed by atoms with Crippen LogP contribution in [0.25, 0.3) is 0 Å². The molecule has 1 atom stereocenters. The maximum atomic E-state index is 4.02. The number of hydrogen-bond donors (Lipinski definition) is 1. The van der Waals surface area contributed by atoms with E-state index in [2.05, 4.69) is 26.6 Å². The van der Waals surface area contributed by atoms with Crippen molar-refractivity contribution in [3.8, 4) is 0 Å². The Labute approximate surface area is 95.7 Å². The lowest BCUT2D eigenvalue weighted by Gasteiger charge is -2.09. The van der Waals surface area contributed by atoms with E-state index in [4.69, 9.17) is 0 Å². The summed E-state index contributed by atoms with van der Waals surface area (Å²) in [5.41, 5.74) is 0. The van der Waals surface area contributed by atoms with E-state index in [1.807, 2.05) is 18.7 Å². The number of nitrogens with zero attached hydrogens (tertiary/aromatic N) is 2. The number of thioether (sulfide) groups is 1. The average Bonchev–Trinajstić information content (AvgIpc) is 2.88. The van der Waals surface area contributed by atoms with E-state index in [0.717, 1.165) is 19.0 Å². The third-order valence-corrected chi connectivity index (χ3v) is 4.02. The molecule has 1 aliphatic rings. The zero-order valence-electron chi connectivity index (χ0n) is 9.06. The fourth-order valence-electron chi connectivity index (χ4n) is 1.86. The van der Waals surface area contributed by atoms with Crippen LogP contribution in [0.1, 0.15) is 12.8 Å². The zero-order chi connectivity index (χ0) is 10.3. The van der Waals surface area contributed by atoms with Crippen LogP contribution in [-0.4, -0.2) is 34.1 Å². The lowest BCUT2D eigenvalue weighted by atomic mass is 10.1. The fraction of sp³-hybridized carbons (Fsp3) is 0.727. The number of aromatic nitrogens is 2. The lowest BCUT2D eigenvalue weighted by Crippen LogP contribution is -2.24. The SMILES string of the molecule is c1cn(CCCNCC2CCSC2)cn1. The summed E-state index contributed by atoms with van der Waals surface area (Å²) in [5, 5.41) is 3.54. The van der Waals surface area contributed by atoms with Crippen molar-refractivity contribution in [3.63, 3.8) is 0 Å². The molecular weight excluding hydrogens is 206 g/mol. The molecule has 0 amide bonds. The van der Waals surface area contributed by atoms with Gasteiger partial charge in [-0.25, -0.2) is 4.98 Å². The van der Waals surface area contributed by atoms with Crippen molar-refractivity contribution in [3.05, 3.63) is 18.7 Å². The summed E-state index contributed by atoms with van der Waals surface area (Å²) in [4.78, 5) is 4.02. The van der Waals surface area contributed by atoms with Gasteiger partial charge in [0.1, 0.15) is 0 Å². The first-order valence-corrected chi connectivity index (χ1v) is 6.85. The second-order valence-corrected chi connectivity index (χ2v) is 5.24. The van der Waals surface area contributed by atoms with Gasteiger partial charge in [0.15, 0.2) is 0 Å². The van der Waals surface area contributed by atoms with Crippen LogP contribution < -0.4 is 5.32 Å². The number of imidazole rings is 1. The fourth-order valence-corrected chi connectivity index (χ4v) is 3.14. The summed E-state index contributed by atoms with van der Waals surface area (Å²) in [6, 6.07) is 0. The summed E-state index contributed by atoms with van der Waals surface area (Å²) < 4.78 is 2.13. The van der Waals surface area contributed by atoms with Gasteiger partial charge >= 0.3 is 0 Å². The van der Waals surface area contributed by atoms with Crippen molar-refractivity contribution in [1.29, 1.82) is 0 Å². The minimum Gasteiger partial charge on any atom is -0.337 e. The van der Waals surface area contributed by atoms with E-state index in [9.17, 15) is 0 Å². The molecule has 1 saturated heterocycles. The van der Waals surface area contributed by atoms with E-state index in [-0.39, 0.29) is 0 Å². The van der Waals surface area contributed by atoms with Crippen LogP contribution in [0.15, 0.2) is 18.7 Å². The molecule has 84 valence electrons. The number of hydrogen-bond acceptors (Lipinski definition) is 3. The van der Waals surface area contributed by atoms with E-state index in [1.165, 1.54) is 30.9 Å². The highest BCUT2D eigenvalue weighted by molar-refractivity contribution is 7.99. The van der Waals surface area contributed by atoms with E-state index >= 15 is 0 Å². The Hall–Kier alpha value is -0.480. The Morgan fingerprint density at radius 3 is 3.27 bits per heavy atom. The quantitative estimate of drug-likeness (QED) is 0.746. The maximum Gasteiger partial charge on any atom is 0.0945 e. The Bertz CT molecular complexity index is 255. The molecular formula is C11H19N3S. The topological polar surface area (TPSA) is 29.9 Å². The Kier molecular flexibility index (Phi) is 4.54. The lowest BCUT2D eigenvalue weighted by molar-refractivity contribution is 0.502. The normalized spacial score (nSPS) is 20.9. The summed E-state index contributed by atoms with van der Waals surface area (Å²) in [6.07, 6.45) is 8.33. The number of rotatable bonds is 6. The molecule has 2 heterocycles. The Morgan fingerprint density at radius 2 is 2.53 bits per heavy atom. The first-order valence-electron chi connectivity index (χ1n) is 5.69. The minimum atomic E-state index is 0.920. The average molecular weight is 225 g/mol. The maximum absolute atomic E-state index is 4.02. The van der Waals surface area contributed by atoms with Crippen LogP contribution in [0.5, 0.6) is 0 Å². The van der Waals surface area contributed by atoms with Crippen LogP contribution in [0.3, 0.4) is 0 Å². The molecule has 1 N–H and O–H groups in total. The van der Waals surface area contributed by atoms with Gasteiger partial charge < -0.3 is 9.88 Å². The predicted octanol–water partition coefficient (Wildman–Crippen LogP) is 1.62. The minimum absolute atomic E-state index is 0.920. The van der Waals surface area contributed by atoms with Crippen LogP contribution in [-0.2, 0) is 6.54 Å². The summed E-state index contributed by atoms with van der Waals surface area (Å²) >= 11 is 2.09. The van der Waals surface area contributed by atoms with Crippen molar-refractivity contribution < 1.29 is 0 Å².